The van der Waals surface area contributed by atoms with E-state index in [1.807, 2.05) is 0 Å². The lowest BCUT2D eigenvalue weighted by molar-refractivity contribution is 0.306. The Kier molecular flexibility index (Phi) is 3.52. The Hall–Kier alpha value is -1.24. The maximum atomic E-state index is 6.22. The Morgan fingerprint density at radius 3 is 2.95 bits per heavy atom. The van der Waals surface area contributed by atoms with Gasteiger partial charge in [0, 0.05) is 11.4 Å². The summed E-state index contributed by atoms with van der Waals surface area (Å²) in [5.41, 5.74) is 7.67. The molecule has 1 aliphatic heterocycles. The van der Waals surface area contributed by atoms with E-state index in [0.717, 1.165) is 24.5 Å². The fourth-order valence-electron chi connectivity index (χ4n) is 3.25. The molecule has 5 nitrogen and oxygen atoms in total. The summed E-state index contributed by atoms with van der Waals surface area (Å²) in [5.74, 6) is 1.26. The van der Waals surface area contributed by atoms with Crippen molar-refractivity contribution in [1.82, 2.24) is 15.0 Å². The van der Waals surface area contributed by atoms with Gasteiger partial charge in [0.2, 0.25) is 0 Å². The van der Waals surface area contributed by atoms with Gasteiger partial charge in [-0.25, -0.2) is 0 Å². The number of fused-ring (bicyclic) bond motifs is 1. The van der Waals surface area contributed by atoms with Gasteiger partial charge in [0.15, 0.2) is 5.82 Å². The lowest BCUT2D eigenvalue weighted by Gasteiger charge is -2.17. The van der Waals surface area contributed by atoms with Crippen LogP contribution in [0.1, 0.15) is 41.6 Å². The molecule has 21 heavy (non-hydrogen) atoms. The van der Waals surface area contributed by atoms with Crippen LogP contribution in [0.25, 0.3) is 10.8 Å². The van der Waals surface area contributed by atoms with Crippen LogP contribution in [-0.2, 0) is 12.8 Å². The second-order valence-electron chi connectivity index (χ2n) is 5.98. The maximum Gasteiger partial charge on any atom is 0.268 e. The zero-order chi connectivity index (χ0) is 14.2. The summed E-state index contributed by atoms with van der Waals surface area (Å²) < 4.78 is 5.42. The summed E-state index contributed by atoms with van der Waals surface area (Å²) in [5, 5.41) is 4.09. The quantitative estimate of drug-likeness (QED) is 0.939. The topological polar surface area (TPSA) is 68.2 Å². The summed E-state index contributed by atoms with van der Waals surface area (Å²) in [4.78, 5) is 9.46. The minimum absolute atomic E-state index is 0.160. The third kappa shape index (κ3) is 2.63. The van der Waals surface area contributed by atoms with Crippen molar-refractivity contribution in [2.75, 3.05) is 19.6 Å². The van der Waals surface area contributed by atoms with Gasteiger partial charge in [0.25, 0.3) is 5.89 Å². The molecule has 112 valence electrons. The number of nitrogens with zero attached hydrogens (tertiary/aromatic N) is 3. The van der Waals surface area contributed by atoms with E-state index in [4.69, 9.17) is 10.3 Å². The van der Waals surface area contributed by atoms with Crippen LogP contribution in [0.3, 0.4) is 0 Å². The first-order valence-electron chi connectivity index (χ1n) is 7.73. The molecule has 2 aromatic heterocycles. The molecule has 1 fully saturated rings. The lowest BCUT2D eigenvalue weighted by Crippen LogP contribution is -2.30. The molecule has 0 spiro atoms. The second-order valence-corrected chi connectivity index (χ2v) is 7.12. The molecule has 4 rings (SSSR count). The molecular weight excluding hydrogens is 284 g/mol. The third-order valence-electron chi connectivity index (χ3n) is 4.38. The van der Waals surface area contributed by atoms with Crippen molar-refractivity contribution < 1.29 is 4.52 Å². The average molecular weight is 304 g/mol. The first-order chi connectivity index (χ1) is 10.3. The van der Waals surface area contributed by atoms with Crippen molar-refractivity contribution in [3.63, 3.8) is 0 Å². The highest BCUT2D eigenvalue weighted by Crippen LogP contribution is 2.36. The Labute approximate surface area is 128 Å². The van der Waals surface area contributed by atoms with Gasteiger partial charge in [0.1, 0.15) is 0 Å². The predicted molar refractivity (Wildman–Crippen MR) is 82.2 cm³/mol. The lowest BCUT2D eigenvalue weighted by atomic mass is 10.2. The highest BCUT2D eigenvalue weighted by molar-refractivity contribution is 7.15. The fourth-order valence-corrected chi connectivity index (χ4v) is 4.42. The van der Waals surface area contributed by atoms with Gasteiger partial charge in [-0.1, -0.05) is 5.16 Å². The van der Waals surface area contributed by atoms with Crippen molar-refractivity contribution in [3.05, 3.63) is 22.3 Å². The normalized spacial score (nSPS) is 20.0. The molecule has 2 N–H and O–H groups in total. The Morgan fingerprint density at radius 2 is 2.14 bits per heavy atom. The molecule has 2 aromatic rings. The number of thiophene rings is 1. The van der Waals surface area contributed by atoms with Gasteiger partial charge < -0.3 is 15.2 Å². The summed E-state index contributed by atoms with van der Waals surface area (Å²) in [7, 11) is 0. The standard InChI is InChI=1S/C15H20N4OS/c16-11(9-19-6-1-2-7-19)14-17-15(20-18-14)13-8-10-4-3-5-12(10)21-13/h8,11H,1-7,9,16H2. The average Bonchev–Trinajstić information content (AvgIpc) is 3.22. The van der Waals surface area contributed by atoms with Gasteiger partial charge in [0.05, 0.1) is 10.9 Å². The second kappa shape index (κ2) is 5.51. The summed E-state index contributed by atoms with van der Waals surface area (Å²) in [6.07, 6.45) is 6.18. The van der Waals surface area contributed by atoms with E-state index in [1.165, 1.54) is 42.5 Å². The number of nitrogens with two attached hydrogens (primary N) is 1. The smallest absolute Gasteiger partial charge is 0.268 e. The molecule has 2 aliphatic rings. The Bertz CT molecular complexity index is 608. The Balaban J connectivity index is 1.49. The summed E-state index contributed by atoms with van der Waals surface area (Å²) in [6.45, 7) is 3.09. The van der Waals surface area contributed by atoms with Crippen molar-refractivity contribution in [1.29, 1.82) is 0 Å². The van der Waals surface area contributed by atoms with Crippen LogP contribution in [0.4, 0.5) is 0 Å². The summed E-state index contributed by atoms with van der Waals surface area (Å²) in [6, 6.07) is 2.04. The molecule has 6 heteroatoms. The van der Waals surface area contributed by atoms with Gasteiger partial charge in [-0.2, -0.15) is 4.98 Å². The van der Waals surface area contributed by atoms with Crippen LogP contribution in [-0.4, -0.2) is 34.7 Å². The first-order valence-corrected chi connectivity index (χ1v) is 8.55. The van der Waals surface area contributed by atoms with E-state index in [9.17, 15) is 0 Å². The molecule has 0 saturated carbocycles. The number of hydrogen-bond donors (Lipinski definition) is 1. The predicted octanol–water partition coefficient (Wildman–Crippen LogP) is 2.38. The highest BCUT2D eigenvalue weighted by Gasteiger charge is 2.22. The van der Waals surface area contributed by atoms with Gasteiger partial charge in [-0.3, -0.25) is 0 Å². The zero-order valence-corrected chi connectivity index (χ0v) is 12.9. The fraction of sp³-hybridized carbons (Fsp3) is 0.600. The van der Waals surface area contributed by atoms with Gasteiger partial charge >= 0.3 is 0 Å². The van der Waals surface area contributed by atoms with E-state index in [2.05, 4.69) is 21.1 Å². The van der Waals surface area contributed by atoms with Crippen LogP contribution in [0.15, 0.2) is 10.6 Å². The largest absolute Gasteiger partial charge is 0.333 e. The van der Waals surface area contributed by atoms with Crippen LogP contribution in [0.5, 0.6) is 0 Å². The van der Waals surface area contributed by atoms with E-state index in [0.29, 0.717) is 11.7 Å². The van der Waals surface area contributed by atoms with Crippen LogP contribution in [0.2, 0.25) is 0 Å². The molecule has 1 atom stereocenters. The van der Waals surface area contributed by atoms with E-state index in [-0.39, 0.29) is 6.04 Å². The summed E-state index contributed by atoms with van der Waals surface area (Å²) >= 11 is 1.79. The van der Waals surface area contributed by atoms with E-state index >= 15 is 0 Å². The minimum Gasteiger partial charge on any atom is -0.333 e. The van der Waals surface area contributed by atoms with Crippen molar-refractivity contribution >= 4 is 11.3 Å². The SMILES string of the molecule is NC(CN1CCCC1)c1noc(-c2cc3c(s2)CCC3)n1. The van der Waals surface area contributed by atoms with Crippen LogP contribution < -0.4 is 5.73 Å². The van der Waals surface area contributed by atoms with E-state index in [1.54, 1.807) is 11.3 Å². The number of rotatable bonds is 4. The van der Waals surface area contributed by atoms with Crippen LogP contribution in [0, 0.1) is 0 Å². The molecule has 1 unspecified atom stereocenters. The zero-order valence-electron chi connectivity index (χ0n) is 12.0. The molecule has 1 aliphatic carbocycles. The molecule has 0 radical (unpaired) electrons. The van der Waals surface area contributed by atoms with Crippen molar-refractivity contribution in [3.8, 4) is 10.8 Å². The maximum absolute atomic E-state index is 6.22. The molecular formula is C15H20N4OS. The number of aryl methyl sites for hydroxylation is 2. The van der Waals surface area contributed by atoms with Crippen molar-refractivity contribution in [2.24, 2.45) is 5.73 Å². The van der Waals surface area contributed by atoms with E-state index < -0.39 is 0 Å². The highest BCUT2D eigenvalue weighted by atomic mass is 32.1. The first kappa shape index (κ1) is 13.4. The molecule has 0 amide bonds. The molecule has 0 bridgehead atoms. The Morgan fingerprint density at radius 1 is 1.29 bits per heavy atom. The van der Waals surface area contributed by atoms with Crippen molar-refractivity contribution in [2.45, 2.75) is 38.1 Å². The number of likely N-dealkylation sites (tertiary alicyclic amines) is 1. The number of hydrogen-bond acceptors (Lipinski definition) is 6. The molecule has 1 saturated heterocycles. The molecule has 3 heterocycles. The number of aromatic nitrogens is 2. The molecule has 0 aromatic carbocycles. The minimum atomic E-state index is -0.160. The monoisotopic (exact) mass is 304 g/mol. The third-order valence-corrected chi connectivity index (χ3v) is 5.61. The van der Waals surface area contributed by atoms with Crippen LogP contribution >= 0.6 is 11.3 Å². The van der Waals surface area contributed by atoms with Gasteiger partial charge in [-0.15, -0.1) is 11.3 Å². The van der Waals surface area contributed by atoms with Gasteiger partial charge in [-0.05, 0) is 56.8 Å².